The van der Waals surface area contributed by atoms with E-state index in [1.54, 1.807) is 12.1 Å². The molecule has 0 spiro atoms. The number of fused-ring (bicyclic) bond motifs is 1. The molecule has 1 unspecified atom stereocenters. The van der Waals surface area contributed by atoms with Crippen LogP contribution in [0.25, 0.3) is 0 Å². The molecule has 112 valence electrons. The van der Waals surface area contributed by atoms with E-state index in [2.05, 4.69) is 4.57 Å². The van der Waals surface area contributed by atoms with Gasteiger partial charge in [0, 0.05) is 24.0 Å². The molecule has 6 heteroatoms. The van der Waals surface area contributed by atoms with E-state index in [1.165, 1.54) is 17.8 Å². The number of hydrogen-bond acceptors (Lipinski definition) is 3. The number of nitrogens with zero attached hydrogens (tertiary/aromatic N) is 1. The first-order valence-electron chi connectivity index (χ1n) is 6.93. The topological polar surface area (TPSA) is 85.3 Å². The number of primary sulfonamides is 1. The first-order valence-corrected chi connectivity index (χ1v) is 8.47. The Kier molecular flexibility index (Phi) is 3.61. The van der Waals surface area contributed by atoms with Crippen LogP contribution in [0, 0.1) is 0 Å². The molecule has 5 nitrogen and oxygen atoms in total. The summed E-state index contributed by atoms with van der Waals surface area (Å²) in [5.74, 6) is 0. The third kappa shape index (κ3) is 2.88. The summed E-state index contributed by atoms with van der Waals surface area (Å²) in [6.07, 6.45) is 4.39. The van der Waals surface area contributed by atoms with E-state index in [0.29, 0.717) is 6.54 Å². The highest BCUT2D eigenvalue weighted by Crippen LogP contribution is 2.30. The van der Waals surface area contributed by atoms with Gasteiger partial charge in [0.15, 0.2) is 0 Å². The maximum absolute atomic E-state index is 11.2. The van der Waals surface area contributed by atoms with E-state index in [0.717, 1.165) is 30.4 Å². The van der Waals surface area contributed by atoms with Crippen molar-refractivity contribution < 1.29 is 13.5 Å². The van der Waals surface area contributed by atoms with Gasteiger partial charge < -0.3 is 9.67 Å². The predicted molar refractivity (Wildman–Crippen MR) is 79.2 cm³/mol. The SMILES string of the molecule is NS(=O)(=O)c1ccc(Cn2ccc3c2CCCC3O)cc1. The van der Waals surface area contributed by atoms with E-state index in [9.17, 15) is 13.5 Å². The smallest absolute Gasteiger partial charge is 0.238 e. The van der Waals surface area contributed by atoms with E-state index in [1.807, 2.05) is 12.3 Å². The number of rotatable bonds is 3. The van der Waals surface area contributed by atoms with Crippen LogP contribution in [0.5, 0.6) is 0 Å². The molecule has 0 bridgehead atoms. The molecule has 0 saturated carbocycles. The summed E-state index contributed by atoms with van der Waals surface area (Å²) in [5.41, 5.74) is 3.19. The van der Waals surface area contributed by atoms with E-state index in [4.69, 9.17) is 5.14 Å². The predicted octanol–water partition coefficient (Wildman–Crippen LogP) is 1.55. The number of aliphatic hydroxyl groups is 1. The largest absolute Gasteiger partial charge is 0.388 e. The summed E-state index contributed by atoms with van der Waals surface area (Å²) in [5, 5.41) is 15.1. The number of benzene rings is 1. The van der Waals surface area contributed by atoms with Crippen LogP contribution >= 0.6 is 0 Å². The summed E-state index contributed by atoms with van der Waals surface area (Å²) in [6.45, 7) is 0.660. The van der Waals surface area contributed by atoms with Crippen molar-refractivity contribution >= 4 is 10.0 Å². The van der Waals surface area contributed by atoms with Gasteiger partial charge in [-0.05, 0) is 43.0 Å². The molecule has 0 aliphatic heterocycles. The number of nitrogens with two attached hydrogens (primary N) is 1. The number of hydrogen-bond donors (Lipinski definition) is 2. The first kappa shape index (κ1) is 14.3. The van der Waals surface area contributed by atoms with Gasteiger partial charge >= 0.3 is 0 Å². The minimum absolute atomic E-state index is 0.121. The highest BCUT2D eigenvalue weighted by Gasteiger charge is 2.21. The molecule has 1 aromatic carbocycles. The van der Waals surface area contributed by atoms with Crippen LogP contribution in [0.2, 0.25) is 0 Å². The molecule has 0 saturated heterocycles. The fraction of sp³-hybridized carbons (Fsp3) is 0.333. The van der Waals surface area contributed by atoms with E-state index >= 15 is 0 Å². The van der Waals surface area contributed by atoms with Gasteiger partial charge in [-0.1, -0.05) is 12.1 Å². The van der Waals surface area contributed by atoms with Crippen LogP contribution in [0.4, 0.5) is 0 Å². The molecular weight excluding hydrogens is 288 g/mol. The van der Waals surface area contributed by atoms with Crippen molar-refractivity contribution in [3.8, 4) is 0 Å². The molecule has 0 radical (unpaired) electrons. The third-order valence-electron chi connectivity index (χ3n) is 3.97. The lowest BCUT2D eigenvalue weighted by atomic mass is 9.95. The minimum atomic E-state index is -3.64. The normalized spacial score (nSPS) is 18.5. The number of aliphatic hydroxyl groups excluding tert-OH is 1. The average Bonchev–Trinajstić information content (AvgIpc) is 2.83. The molecule has 1 aliphatic carbocycles. The molecule has 3 rings (SSSR count). The first-order chi connectivity index (χ1) is 9.95. The standard InChI is InChI=1S/C15H18N2O3S/c16-21(19,20)12-6-4-11(5-7-12)10-17-9-8-13-14(17)2-1-3-15(13)18/h4-9,15,18H,1-3,10H2,(H2,16,19,20). The lowest BCUT2D eigenvalue weighted by molar-refractivity contribution is 0.156. The second-order valence-corrected chi connectivity index (χ2v) is 7.00. The molecule has 0 fully saturated rings. The van der Waals surface area contributed by atoms with Crippen molar-refractivity contribution in [1.82, 2.24) is 4.57 Å². The Morgan fingerprint density at radius 1 is 1.24 bits per heavy atom. The number of sulfonamides is 1. The van der Waals surface area contributed by atoms with Gasteiger partial charge in [-0.25, -0.2) is 13.6 Å². The Morgan fingerprint density at radius 2 is 1.95 bits per heavy atom. The molecular formula is C15H18N2O3S. The molecule has 1 aliphatic rings. The van der Waals surface area contributed by atoms with Crippen molar-refractivity contribution in [2.24, 2.45) is 5.14 Å². The molecule has 3 N–H and O–H groups in total. The lowest BCUT2D eigenvalue weighted by Crippen LogP contribution is -2.13. The number of aromatic nitrogens is 1. The third-order valence-corrected chi connectivity index (χ3v) is 4.90. The molecule has 1 aromatic heterocycles. The summed E-state index contributed by atoms with van der Waals surface area (Å²) >= 11 is 0. The minimum Gasteiger partial charge on any atom is -0.388 e. The Labute approximate surface area is 124 Å². The van der Waals surface area contributed by atoms with Gasteiger partial charge in [-0.2, -0.15) is 0 Å². The van der Waals surface area contributed by atoms with Crippen molar-refractivity contribution in [3.63, 3.8) is 0 Å². The Balaban J connectivity index is 1.85. The highest BCUT2D eigenvalue weighted by molar-refractivity contribution is 7.89. The van der Waals surface area contributed by atoms with Crippen molar-refractivity contribution in [3.05, 3.63) is 53.3 Å². The second kappa shape index (κ2) is 5.29. The zero-order valence-corrected chi connectivity index (χ0v) is 12.4. The van der Waals surface area contributed by atoms with E-state index in [-0.39, 0.29) is 11.0 Å². The van der Waals surface area contributed by atoms with E-state index < -0.39 is 10.0 Å². The summed E-state index contributed by atoms with van der Waals surface area (Å²) < 4.78 is 24.6. The van der Waals surface area contributed by atoms with Gasteiger partial charge in [-0.15, -0.1) is 0 Å². The Bertz CT molecular complexity index is 748. The summed E-state index contributed by atoms with van der Waals surface area (Å²) in [6, 6.07) is 8.56. The fourth-order valence-electron chi connectivity index (χ4n) is 2.86. The van der Waals surface area contributed by atoms with Crippen molar-refractivity contribution in [2.45, 2.75) is 36.8 Å². The lowest BCUT2D eigenvalue weighted by Gasteiger charge is -2.20. The Hall–Kier alpha value is -1.63. The fourth-order valence-corrected chi connectivity index (χ4v) is 3.38. The maximum atomic E-state index is 11.2. The van der Waals surface area contributed by atoms with Gasteiger partial charge in [0.05, 0.1) is 11.0 Å². The average molecular weight is 306 g/mol. The van der Waals surface area contributed by atoms with Crippen molar-refractivity contribution in [2.75, 3.05) is 0 Å². The van der Waals surface area contributed by atoms with Crippen LogP contribution in [0.15, 0.2) is 41.4 Å². The quantitative estimate of drug-likeness (QED) is 0.902. The zero-order chi connectivity index (χ0) is 15.0. The van der Waals surface area contributed by atoms with Gasteiger partial charge in [0.1, 0.15) is 0 Å². The van der Waals surface area contributed by atoms with Crippen LogP contribution in [0.3, 0.4) is 0 Å². The zero-order valence-electron chi connectivity index (χ0n) is 11.6. The molecule has 2 aromatic rings. The highest BCUT2D eigenvalue weighted by atomic mass is 32.2. The van der Waals surface area contributed by atoms with Gasteiger partial charge in [0.25, 0.3) is 0 Å². The van der Waals surface area contributed by atoms with Crippen LogP contribution in [-0.4, -0.2) is 18.1 Å². The monoisotopic (exact) mass is 306 g/mol. The van der Waals surface area contributed by atoms with Gasteiger partial charge in [0.2, 0.25) is 10.0 Å². The summed E-state index contributed by atoms with van der Waals surface area (Å²) in [4.78, 5) is 0.121. The van der Waals surface area contributed by atoms with Crippen LogP contribution in [-0.2, 0) is 23.0 Å². The van der Waals surface area contributed by atoms with Gasteiger partial charge in [-0.3, -0.25) is 0 Å². The molecule has 1 atom stereocenters. The maximum Gasteiger partial charge on any atom is 0.238 e. The van der Waals surface area contributed by atoms with Crippen molar-refractivity contribution in [1.29, 1.82) is 0 Å². The molecule has 21 heavy (non-hydrogen) atoms. The second-order valence-electron chi connectivity index (χ2n) is 5.44. The van der Waals surface area contributed by atoms with Crippen LogP contribution < -0.4 is 5.14 Å². The van der Waals surface area contributed by atoms with Crippen LogP contribution in [0.1, 0.15) is 35.8 Å². The molecule has 1 heterocycles. The molecule has 0 amide bonds. The Morgan fingerprint density at radius 3 is 2.62 bits per heavy atom. The summed E-state index contributed by atoms with van der Waals surface area (Å²) in [7, 11) is -3.64.